The molecule has 2 heterocycles. The van der Waals surface area contributed by atoms with Gasteiger partial charge in [-0.05, 0) is 13.8 Å². The molecule has 0 aromatic carbocycles. The van der Waals surface area contributed by atoms with Gasteiger partial charge in [-0.25, -0.2) is 10.8 Å². The Labute approximate surface area is 106 Å². The first kappa shape index (κ1) is 13.0. The number of aromatic nitrogens is 2. The Bertz CT molecular complexity index is 414. The second-order valence-corrected chi connectivity index (χ2v) is 4.49. The van der Waals surface area contributed by atoms with Crippen LogP contribution in [0.2, 0.25) is 0 Å². The van der Waals surface area contributed by atoms with Crippen molar-refractivity contribution in [1.29, 1.82) is 0 Å². The molecule has 0 amide bonds. The van der Waals surface area contributed by atoms with Crippen molar-refractivity contribution < 1.29 is 9.84 Å². The summed E-state index contributed by atoms with van der Waals surface area (Å²) < 4.78 is 5.60. The van der Waals surface area contributed by atoms with Crippen LogP contribution in [0.5, 0.6) is 0 Å². The Kier molecular flexibility index (Phi) is 3.95. The number of aliphatic hydroxyl groups is 1. The number of nitrogens with zero attached hydrogens (tertiary/aromatic N) is 3. The highest BCUT2D eigenvalue weighted by molar-refractivity contribution is 5.45. The molecule has 2 unspecified atom stereocenters. The van der Waals surface area contributed by atoms with Crippen LogP contribution in [0, 0.1) is 6.92 Å². The molecule has 18 heavy (non-hydrogen) atoms. The maximum absolute atomic E-state index is 9.21. The third kappa shape index (κ3) is 2.87. The monoisotopic (exact) mass is 253 g/mol. The van der Waals surface area contributed by atoms with Gasteiger partial charge in [-0.2, -0.15) is 4.98 Å². The van der Waals surface area contributed by atoms with Gasteiger partial charge in [0.2, 0.25) is 5.95 Å². The van der Waals surface area contributed by atoms with Crippen molar-refractivity contribution >= 4 is 11.8 Å². The van der Waals surface area contributed by atoms with Crippen LogP contribution in [0.1, 0.15) is 12.6 Å². The molecule has 1 aromatic heterocycles. The molecule has 0 bridgehead atoms. The van der Waals surface area contributed by atoms with Crippen molar-refractivity contribution in [3.63, 3.8) is 0 Å². The smallest absolute Gasteiger partial charge is 0.239 e. The summed E-state index contributed by atoms with van der Waals surface area (Å²) in [7, 11) is 0. The van der Waals surface area contributed by atoms with Crippen molar-refractivity contribution in [3.05, 3.63) is 11.8 Å². The first-order chi connectivity index (χ1) is 8.62. The van der Waals surface area contributed by atoms with Crippen LogP contribution < -0.4 is 16.2 Å². The Balaban J connectivity index is 2.21. The molecule has 1 fully saturated rings. The standard InChI is InChI=1S/C11H19N5O2/c1-7-3-10(14-11(13-7)15-12)16-4-8(2)18-9(5-16)6-17/h3,8-9,17H,4-6,12H2,1-2H3,(H,13,14,15). The van der Waals surface area contributed by atoms with E-state index in [1.807, 2.05) is 19.9 Å². The minimum Gasteiger partial charge on any atom is -0.394 e. The molecular weight excluding hydrogens is 234 g/mol. The van der Waals surface area contributed by atoms with Gasteiger partial charge in [-0.3, -0.25) is 5.43 Å². The van der Waals surface area contributed by atoms with E-state index in [2.05, 4.69) is 20.3 Å². The van der Waals surface area contributed by atoms with Gasteiger partial charge in [0, 0.05) is 24.8 Å². The number of rotatable bonds is 3. The van der Waals surface area contributed by atoms with E-state index in [-0.39, 0.29) is 18.8 Å². The molecule has 4 N–H and O–H groups in total. The van der Waals surface area contributed by atoms with E-state index >= 15 is 0 Å². The molecular formula is C11H19N5O2. The molecule has 7 nitrogen and oxygen atoms in total. The van der Waals surface area contributed by atoms with Gasteiger partial charge in [0.15, 0.2) is 0 Å². The first-order valence-electron chi connectivity index (χ1n) is 5.96. The number of nitrogen functional groups attached to an aromatic ring is 1. The summed E-state index contributed by atoms with van der Waals surface area (Å²) in [6.45, 7) is 5.22. The Morgan fingerprint density at radius 3 is 3.00 bits per heavy atom. The van der Waals surface area contributed by atoms with Gasteiger partial charge in [0.05, 0.1) is 18.8 Å². The summed E-state index contributed by atoms with van der Waals surface area (Å²) in [4.78, 5) is 10.5. The van der Waals surface area contributed by atoms with E-state index in [1.165, 1.54) is 0 Å². The van der Waals surface area contributed by atoms with Gasteiger partial charge in [0.25, 0.3) is 0 Å². The number of hydrogen-bond donors (Lipinski definition) is 3. The third-order valence-electron chi connectivity index (χ3n) is 2.82. The number of aryl methyl sites for hydroxylation is 1. The molecule has 1 aliphatic rings. The number of nitrogens with two attached hydrogens (primary N) is 1. The van der Waals surface area contributed by atoms with Crippen LogP contribution in [0.3, 0.4) is 0 Å². The highest BCUT2D eigenvalue weighted by Gasteiger charge is 2.26. The lowest BCUT2D eigenvalue weighted by Crippen LogP contribution is -2.48. The molecule has 7 heteroatoms. The van der Waals surface area contributed by atoms with Crippen LogP contribution in [0.4, 0.5) is 11.8 Å². The SMILES string of the molecule is Cc1cc(N2CC(C)OC(CO)C2)nc(NN)n1. The lowest BCUT2D eigenvalue weighted by Gasteiger charge is -2.36. The van der Waals surface area contributed by atoms with E-state index < -0.39 is 0 Å². The van der Waals surface area contributed by atoms with Crippen LogP contribution in [0.25, 0.3) is 0 Å². The Morgan fingerprint density at radius 2 is 2.33 bits per heavy atom. The average molecular weight is 253 g/mol. The van der Waals surface area contributed by atoms with E-state index in [9.17, 15) is 5.11 Å². The van der Waals surface area contributed by atoms with Crippen molar-refractivity contribution in [3.8, 4) is 0 Å². The number of morpholine rings is 1. The van der Waals surface area contributed by atoms with Crippen LogP contribution in [-0.4, -0.2) is 47.0 Å². The molecule has 0 radical (unpaired) electrons. The summed E-state index contributed by atoms with van der Waals surface area (Å²) >= 11 is 0. The Morgan fingerprint density at radius 1 is 1.56 bits per heavy atom. The van der Waals surface area contributed by atoms with Crippen molar-refractivity contribution in [1.82, 2.24) is 9.97 Å². The molecule has 0 saturated carbocycles. The van der Waals surface area contributed by atoms with Crippen LogP contribution >= 0.6 is 0 Å². The predicted octanol–water partition coefficient (Wildman–Crippen LogP) is -0.343. The summed E-state index contributed by atoms with van der Waals surface area (Å²) in [6.07, 6.45) is -0.126. The zero-order valence-corrected chi connectivity index (χ0v) is 10.6. The molecule has 1 saturated heterocycles. The molecule has 2 rings (SSSR count). The predicted molar refractivity (Wildman–Crippen MR) is 68.2 cm³/mol. The second kappa shape index (κ2) is 5.47. The summed E-state index contributed by atoms with van der Waals surface area (Å²) in [5.74, 6) is 6.53. The molecule has 1 aliphatic heterocycles. The zero-order valence-electron chi connectivity index (χ0n) is 10.6. The van der Waals surface area contributed by atoms with E-state index in [0.717, 1.165) is 18.1 Å². The van der Waals surface area contributed by atoms with Gasteiger partial charge >= 0.3 is 0 Å². The minimum absolute atomic E-state index is 0.00685. The van der Waals surface area contributed by atoms with E-state index in [1.54, 1.807) is 0 Å². The van der Waals surface area contributed by atoms with Gasteiger partial charge < -0.3 is 14.7 Å². The van der Waals surface area contributed by atoms with Gasteiger partial charge in [-0.1, -0.05) is 0 Å². The number of ether oxygens (including phenoxy) is 1. The highest BCUT2D eigenvalue weighted by atomic mass is 16.5. The largest absolute Gasteiger partial charge is 0.394 e. The lowest BCUT2D eigenvalue weighted by atomic mass is 10.2. The van der Waals surface area contributed by atoms with Crippen molar-refractivity contribution in [2.24, 2.45) is 5.84 Å². The molecule has 1 aromatic rings. The summed E-state index contributed by atoms with van der Waals surface area (Å²) in [6, 6.07) is 1.90. The summed E-state index contributed by atoms with van der Waals surface area (Å²) in [5, 5.41) is 9.21. The maximum Gasteiger partial charge on any atom is 0.239 e. The van der Waals surface area contributed by atoms with E-state index in [4.69, 9.17) is 10.6 Å². The molecule has 0 aliphatic carbocycles. The van der Waals surface area contributed by atoms with E-state index in [0.29, 0.717) is 12.5 Å². The number of nitrogens with one attached hydrogen (secondary N) is 1. The van der Waals surface area contributed by atoms with Gasteiger partial charge in [-0.15, -0.1) is 0 Å². The fourth-order valence-corrected chi connectivity index (χ4v) is 2.11. The lowest BCUT2D eigenvalue weighted by molar-refractivity contribution is -0.0423. The maximum atomic E-state index is 9.21. The number of anilines is 2. The molecule has 2 atom stereocenters. The zero-order chi connectivity index (χ0) is 13.1. The number of hydrogen-bond acceptors (Lipinski definition) is 7. The summed E-state index contributed by atoms with van der Waals surface area (Å²) in [5.41, 5.74) is 3.29. The van der Waals surface area contributed by atoms with Gasteiger partial charge in [0.1, 0.15) is 5.82 Å². The topological polar surface area (TPSA) is 96.5 Å². The second-order valence-electron chi connectivity index (χ2n) is 4.49. The van der Waals surface area contributed by atoms with Crippen molar-refractivity contribution in [2.75, 3.05) is 30.0 Å². The third-order valence-corrected chi connectivity index (χ3v) is 2.82. The average Bonchev–Trinajstić information content (AvgIpc) is 2.37. The normalized spacial score (nSPS) is 24.1. The van der Waals surface area contributed by atoms with Crippen LogP contribution in [0.15, 0.2) is 6.07 Å². The number of hydrazine groups is 1. The highest BCUT2D eigenvalue weighted by Crippen LogP contribution is 2.20. The minimum atomic E-state index is -0.182. The van der Waals surface area contributed by atoms with Crippen molar-refractivity contribution in [2.45, 2.75) is 26.1 Å². The Hall–Kier alpha value is -1.44. The quantitative estimate of drug-likeness (QED) is 0.500. The fraction of sp³-hybridized carbons (Fsp3) is 0.636. The fourth-order valence-electron chi connectivity index (χ4n) is 2.11. The molecule has 100 valence electrons. The first-order valence-corrected chi connectivity index (χ1v) is 5.96. The molecule has 0 spiro atoms. The van der Waals surface area contributed by atoms with Crippen LogP contribution in [-0.2, 0) is 4.74 Å². The number of aliphatic hydroxyl groups excluding tert-OH is 1.